The van der Waals surface area contributed by atoms with Crippen LogP contribution in [0, 0.1) is 0 Å². The maximum atomic E-state index is 4.47. The number of imidazole rings is 1. The normalized spacial score (nSPS) is 11.0. The Bertz CT molecular complexity index is 635. The molecule has 2 heterocycles. The van der Waals surface area contributed by atoms with E-state index in [0.717, 1.165) is 42.3 Å². The number of para-hydroxylation sites is 2. The zero-order chi connectivity index (χ0) is 13.1. The molecule has 0 aliphatic carbocycles. The van der Waals surface area contributed by atoms with E-state index in [1.165, 1.54) is 0 Å². The molecule has 0 saturated heterocycles. The lowest BCUT2D eigenvalue weighted by atomic mass is 10.3. The molecule has 0 saturated carbocycles. The second-order valence-electron chi connectivity index (χ2n) is 4.32. The first kappa shape index (κ1) is 11.7. The number of fused-ring (bicyclic) bond motifs is 1. The van der Waals surface area contributed by atoms with E-state index in [1.54, 1.807) is 6.33 Å². The van der Waals surface area contributed by atoms with Crippen LogP contribution in [0.5, 0.6) is 0 Å². The fourth-order valence-electron chi connectivity index (χ4n) is 2.07. The van der Waals surface area contributed by atoms with Crippen molar-refractivity contribution in [3.05, 3.63) is 36.4 Å². The Hall–Kier alpha value is -2.37. The average Bonchev–Trinajstić information content (AvgIpc) is 3.04. The summed E-state index contributed by atoms with van der Waals surface area (Å²) in [5.74, 6) is 1.80. The van der Waals surface area contributed by atoms with Crippen LogP contribution < -0.4 is 5.32 Å². The molecule has 0 amide bonds. The largest absolute Gasteiger partial charge is 0.354 e. The summed E-state index contributed by atoms with van der Waals surface area (Å²) >= 11 is 0. The van der Waals surface area contributed by atoms with Crippen molar-refractivity contribution in [2.24, 2.45) is 0 Å². The molecule has 6 nitrogen and oxygen atoms in total. The minimum atomic E-state index is 0.783. The zero-order valence-electron chi connectivity index (χ0n) is 10.8. The van der Waals surface area contributed by atoms with E-state index in [4.69, 9.17) is 0 Å². The Kier molecular flexibility index (Phi) is 3.14. The number of nitrogens with one attached hydrogen (secondary N) is 2. The van der Waals surface area contributed by atoms with Crippen LogP contribution in [0.15, 0.2) is 30.6 Å². The highest BCUT2D eigenvalue weighted by molar-refractivity contribution is 5.77. The highest BCUT2D eigenvalue weighted by Crippen LogP contribution is 2.12. The van der Waals surface area contributed by atoms with Crippen LogP contribution in [0.4, 0.5) is 5.95 Å². The molecule has 19 heavy (non-hydrogen) atoms. The smallest absolute Gasteiger partial charge is 0.201 e. The number of hydrogen-bond donors (Lipinski definition) is 2. The predicted molar refractivity (Wildman–Crippen MR) is 74.0 cm³/mol. The Morgan fingerprint density at radius 1 is 1.32 bits per heavy atom. The number of H-pyrrole nitrogens is 1. The first-order valence-electron chi connectivity index (χ1n) is 6.42. The Morgan fingerprint density at radius 3 is 3.05 bits per heavy atom. The topological polar surface area (TPSA) is 71.4 Å². The van der Waals surface area contributed by atoms with E-state index in [2.05, 4.69) is 37.0 Å². The van der Waals surface area contributed by atoms with Gasteiger partial charge >= 0.3 is 0 Å². The van der Waals surface area contributed by atoms with Crippen LogP contribution >= 0.6 is 0 Å². The molecule has 0 bridgehead atoms. The van der Waals surface area contributed by atoms with Gasteiger partial charge in [0.25, 0.3) is 0 Å². The van der Waals surface area contributed by atoms with Gasteiger partial charge in [0.2, 0.25) is 5.95 Å². The van der Waals surface area contributed by atoms with Gasteiger partial charge in [0.1, 0.15) is 12.2 Å². The van der Waals surface area contributed by atoms with Gasteiger partial charge in [0, 0.05) is 19.5 Å². The molecule has 0 aliphatic heterocycles. The van der Waals surface area contributed by atoms with Gasteiger partial charge in [-0.25, -0.2) is 4.98 Å². The van der Waals surface area contributed by atoms with Crippen LogP contribution in [0.25, 0.3) is 11.0 Å². The van der Waals surface area contributed by atoms with Gasteiger partial charge in [-0.2, -0.15) is 0 Å². The Morgan fingerprint density at radius 2 is 2.21 bits per heavy atom. The fraction of sp³-hybridized carbons (Fsp3) is 0.308. The second kappa shape index (κ2) is 5.09. The summed E-state index contributed by atoms with van der Waals surface area (Å²) in [5, 5.41) is 11.3. The Labute approximate surface area is 110 Å². The van der Waals surface area contributed by atoms with E-state index in [-0.39, 0.29) is 0 Å². The number of aromatic nitrogens is 5. The third-order valence-corrected chi connectivity index (χ3v) is 3.05. The number of aryl methyl sites for hydroxylation is 1. The number of hydrogen-bond acceptors (Lipinski definition) is 4. The lowest BCUT2D eigenvalue weighted by Crippen LogP contribution is -2.12. The third kappa shape index (κ3) is 2.42. The van der Waals surface area contributed by atoms with Gasteiger partial charge in [-0.3, -0.25) is 0 Å². The average molecular weight is 256 g/mol. The maximum Gasteiger partial charge on any atom is 0.201 e. The maximum absolute atomic E-state index is 4.47. The molecule has 0 fully saturated rings. The van der Waals surface area contributed by atoms with E-state index in [0.29, 0.717) is 0 Å². The molecule has 6 heteroatoms. The first-order chi connectivity index (χ1) is 9.36. The number of benzene rings is 1. The summed E-state index contributed by atoms with van der Waals surface area (Å²) < 4.78 is 2.05. The quantitative estimate of drug-likeness (QED) is 0.730. The summed E-state index contributed by atoms with van der Waals surface area (Å²) in [6.45, 7) is 3.69. The van der Waals surface area contributed by atoms with Crippen molar-refractivity contribution >= 4 is 17.0 Å². The first-order valence-corrected chi connectivity index (χ1v) is 6.42. The van der Waals surface area contributed by atoms with Gasteiger partial charge in [-0.05, 0) is 12.1 Å². The molecule has 2 aromatic heterocycles. The van der Waals surface area contributed by atoms with Crippen LogP contribution in [-0.4, -0.2) is 31.3 Å². The van der Waals surface area contributed by atoms with Crippen LogP contribution in [-0.2, 0) is 13.0 Å². The van der Waals surface area contributed by atoms with E-state index < -0.39 is 0 Å². The van der Waals surface area contributed by atoms with Gasteiger partial charge < -0.3 is 14.9 Å². The number of nitrogens with zero attached hydrogens (tertiary/aromatic N) is 4. The monoisotopic (exact) mass is 256 g/mol. The molecular weight excluding hydrogens is 240 g/mol. The van der Waals surface area contributed by atoms with Crippen molar-refractivity contribution in [1.29, 1.82) is 0 Å². The molecule has 1 aromatic carbocycles. The molecule has 3 aromatic rings. The minimum Gasteiger partial charge on any atom is -0.354 e. The van der Waals surface area contributed by atoms with E-state index >= 15 is 0 Å². The predicted octanol–water partition coefficient (Wildman–Crippen LogP) is 1.83. The van der Waals surface area contributed by atoms with Gasteiger partial charge in [-0.15, -0.1) is 10.2 Å². The van der Waals surface area contributed by atoms with Crippen LogP contribution in [0.2, 0.25) is 0 Å². The van der Waals surface area contributed by atoms with E-state index in [1.807, 2.05) is 24.3 Å². The lowest BCUT2D eigenvalue weighted by Gasteiger charge is -2.05. The van der Waals surface area contributed by atoms with Crippen molar-refractivity contribution in [2.75, 3.05) is 11.9 Å². The summed E-state index contributed by atoms with van der Waals surface area (Å²) in [6, 6.07) is 7.99. The number of aromatic amines is 1. The molecule has 0 aliphatic rings. The van der Waals surface area contributed by atoms with Crippen LogP contribution in [0.1, 0.15) is 12.7 Å². The van der Waals surface area contributed by atoms with Crippen molar-refractivity contribution in [1.82, 2.24) is 24.7 Å². The summed E-state index contributed by atoms with van der Waals surface area (Å²) in [4.78, 5) is 7.71. The van der Waals surface area contributed by atoms with Crippen molar-refractivity contribution in [3.8, 4) is 0 Å². The molecule has 3 rings (SSSR count). The summed E-state index contributed by atoms with van der Waals surface area (Å²) in [6.07, 6.45) is 2.66. The molecular formula is C13H16N6. The lowest BCUT2D eigenvalue weighted by molar-refractivity contribution is 0.679. The van der Waals surface area contributed by atoms with Gasteiger partial charge in [-0.1, -0.05) is 19.1 Å². The minimum absolute atomic E-state index is 0.783. The molecule has 0 spiro atoms. The summed E-state index contributed by atoms with van der Waals surface area (Å²) in [5.41, 5.74) is 2.02. The van der Waals surface area contributed by atoms with Crippen molar-refractivity contribution in [3.63, 3.8) is 0 Å². The Balaban J connectivity index is 1.63. The molecule has 98 valence electrons. The second-order valence-corrected chi connectivity index (χ2v) is 4.32. The van der Waals surface area contributed by atoms with Crippen molar-refractivity contribution < 1.29 is 0 Å². The molecule has 2 N–H and O–H groups in total. The van der Waals surface area contributed by atoms with Crippen molar-refractivity contribution in [2.45, 2.75) is 19.9 Å². The SMILES string of the molecule is CCc1nncn1CCNc1nc2ccccc2[nH]1. The van der Waals surface area contributed by atoms with Gasteiger partial charge in [0.05, 0.1) is 11.0 Å². The van der Waals surface area contributed by atoms with Gasteiger partial charge in [0.15, 0.2) is 0 Å². The highest BCUT2D eigenvalue weighted by Gasteiger charge is 2.03. The molecule has 0 atom stereocenters. The fourth-order valence-corrected chi connectivity index (χ4v) is 2.07. The number of anilines is 1. The standard InChI is InChI=1S/C13H16N6/c1-2-12-18-15-9-19(12)8-7-14-13-16-10-5-3-4-6-11(10)17-13/h3-6,9H,2,7-8H2,1H3,(H2,14,16,17). The van der Waals surface area contributed by atoms with Crippen LogP contribution in [0.3, 0.4) is 0 Å². The van der Waals surface area contributed by atoms with E-state index in [9.17, 15) is 0 Å². The molecule has 0 unspecified atom stereocenters. The third-order valence-electron chi connectivity index (χ3n) is 3.05. The number of rotatable bonds is 5. The highest BCUT2D eigenvalue weighted by atomic mass is 15.3. The summed E-state index contributed by atoms with van der Waals surface area (Å²) in [7, 11) is 0. The zero-order valence-corrected chi connectivity index (χ0v) is 10.8. The molecule has 0 radical (unpaired) electrons.